The number of rotatable bonds is 5. The van der Waals surface area contributed by atoms with E-state index in [0.717, 1.165) is 30.6 Å². The lowest BCUT2D eigenvalue weighted by Crippen LogP contribution is -2.34. The minimum Gasteiger partial charge on any atom is -0.348 e. The van der Waals surface area contributed by atoms with Crippen LogP contribution >= 0.6 is 0 Å². The molecule has 3 rings (SSSR count). The molecule has 1 saturated carbocycles. The molecule has 2 fully saturated rings. The van der Waals surface area contributed by atoms with Crippen molar-refractivity contribution in [3.05, 3.63) is 35.4 Å². The predicted octanol–water partition coefficient (Wildman–Crippen LogP) is 5.22. The smallest absolute Gasteiger partial charge is 0.183 e. The molecule has 0 bridgehead atoms. The Morgan fingerprint density at radius 2 is 1.67 bits per heavy atom. The zero-order chi connectivity index (χ0) is 16.8. The second kappa shape index (κ2) is 8.65. The summed E-state index contributed by atoms with van der Waals surface area (Å²) in [5.41, 5.74) is 1.68. The molecular formula is C21H29NO2. The third kappa shape index (κ3) is 4.37. The van der Waals surface area contributed by atoms with Crippen LogP contribution in [0.5, 0.6) is 0 Å². The Morgan fingerprint density at radius 3 is 2.25 bits per heavy atom. The fourth-order valence-electron chi connectivity index (χ4n) is 4.14. The van der Waals surface area contributed by atoms with Gasteiger partial charge in [-0.3, -0.25) is 0 Å². The molecule has 2 aliphatic rings. The Hall–Kier alpha value is -1.37. The van der Waals surface area contributed by atoms with E-state index >= 15 is 0 Å². The number of ether oxygens (including phenoxy) is 2. The minimum absolute atomic E-state index is 0.269. The van der Waals surface area contributed by atoms with Crippen LogP contribution in [0.15, 0.2) is 24.3 Å². The molecule has 3 nitrogen and oxygen atoms in total. The maximum absolute atomic E-state index is 8.87. The highest BCUT2D eigenvalue weighted by molar-refractivity contribution is 5.32. The predicted molar refractivity (Wildman–Crippen MR) is 94.3 cm³/mol. The van der Waals surface area contributed by atoms with Crippen LogP contribution in [0, 0.1) is 29.1 Å². The van der Waals surface area contributed by atoms with Gasteiger partial charge in [-0.1, -0.05) is 51.2 Å². The lowest BCUT2D eigenvalue weighted by Gasteiger charge is -2.37. The second-order valence-corrected chi connectivity index (χ2v) is 7.42. The molecule has 1 aliphatic heterocycles. The molecule has 1 aliphatic carbocycles. The van der Waals surface area contributed by atoms with Crippen LogP contribution in [-0.2, 0) is 9.47 Å². The number of nitriles is 1. The van der Waals surface area contributed by atoms with Crippen LogP contribution in [0.25, 0.3) is 0 Å². The third-order valence-corrected chi connectivity index (χ3v) is 5.76. The molecule has 3 heteroatoms. The molecule has 1 saturated heterocycles. The first-order valence-corrected chi connectivity index (χ1v) is 9.53. The highest BCUT2D eigenvalue weighted by Gasteiger charge is 2.32. The SMILES string of the molecule is CCCCC1CCC([C@H]2CO[C@H](c3ccc(C#N)cc3)OC2)CC1. The zero-order valence-electron chi connectivity index (χ0n) is 14.7. The van der Waals surface area contributed by atoms with Crippen molar-refractivity contribution in [2.24, 2.45) is 17.8 Å². The summed E-state index contributed by atoms with van der Waals surface area (Å²) in [6.07, 6.45) is 9.32. The summed E-state index contributed by atoms with van der Waals surface area (Å²) >= 11 is 0. The minimum atomic E-state index is -0.269. The van der Waals surface area contributed by atoms with Crippen molar-refractivity contribution in [1.29, 1.82) is 5.26 Å². The number of benzene rings is 1. The molecule has 0 aromatic heterocycles. The van der Waals surface area contributed by atoms with Gasteiger partial charge in [0.1, 0.15) is 0 Å². The van der Waals surface area contributed by atoms with Gasteiger partial charge in [0, 0.05) is 11.5 Å². The van der Waals surface area contributed by atoms with Crippen molar-refractivity contribution in [3.8, 4) is 6.07 Å². The van der Waals surface area contributed by atoms with Crippen molar-refractivity contribution in [1.82, 2.24) is 0 Å². The molecule has 0 spiro atoms. The van der Waals surface area contributed by atoms with Gasteiger partial charge in [-0.15, -0.1) is 0 Å². The molecule has 1 heterocycles. The van der Waals surface area contributed by atoms with Crippen LogP contribution in [0.4, 0.5) is 0 Å². The maximum atomic E-state index is 8.87. The fourth-order valence-corrected chi connectivity index (χ4v) is 4.14. The van der Waals surface area contributed by atoms with Gasteiger partial charge < -0.3 is 9.47 Å². The van der Waals surface area contributed by atoms with Gasteiger partial charge in [-0.05, 0) is 36.8 Å². The van der Waals surface area contributed by atoms with Crippen molar-refractivity contribution in [2.75, 3.05) is 13.2 Å². The monoisotopic (exact) mass is 327 g/mol. The number of hydrogen-bond donors (Lipinski definition) is 0. The van der Waals surface area contributed by atoms with E-state index in [9.17, 15) is 0 Å². The summed E-state index contributed by atoms with van der Waals surface area (Å²) in [5, 5.41) is 8.87. The third-order valence-electron chi connectivity index (χ3n) is 5.76. The van der Waals surface area contributed by atoms with E-state index in [1.807, 2.05) is 24.3 Å². The van der Waals surface area contributed by atoms with Gasteiger partial charge in [0.15, 0.2) is 6.29 Å². The second-order valence-electron chi connectivity index (χ2n) is 7.42. The molecule has 0 amide bonds. The number of nitrogens with zero attached hydrogens (tertiary/aromatic N) is 1. The normalized spacial score (nSPS) is 30.7. The zero-order valence-corrected chi connectivity index (χ0v) is 14.7. The lowest BCUT2D eigenvalue weighted by molar-refractivity contribution is -0.214. The molecule has 24 heavy (non-hydrogen) atoms. The Bertz CT molecular complexity index is 532. The first kappa shape index (κ1) is 17.5. The summed E-state index contributed by atoms with van der Waals surface area (Å²) in [7, 11) is 0. The molecular weight excluding hydrogens is 298 g/mol. The van der Waals surface area contributed by atoms with Crippen molar-refractivity contribution in [2.45, 2.75) is 58.2 Å². The molecule has 1 aromatic rings. The summed E-state index contributed by atoms with van der Waals surface area (Å²) in [4.78, 5) is 0. The van der Waals surface area contributed by atoms with Crippen molar-refractivity contribution >= 4 is 0 Å². The van der Waals surface area contributed by atoms with Gasteiger partial charge in [-0.25, -0.2) is 0 Å². The van der Waals surface area contributed by atoms with E-state index in [1.54, 1.807) is 0 Å². The molecule has 0 atom stereocenters. The Morgan fingerprint density at radius 1 is 1.00 bits per heavy atom. The highest BCUT2D eigenvalue weighted by atomic mass is 16.7. The van der Waals surface area contributed by atoms with Crippen LogP contribution in [0.2, 0.25) is 0 Å². The van der Waals surface area contributed by atoms with Crippen LogP contribution in [0.1, 0.15) is 69.3 Å². The standard InChI is InChI=1S/C21H29NO2/c1-2-3-4-16-5-9-18(10-6-16)20-14-23-21(24-15-20)19-11-7-17(13-22)8-12-19/h7-8,11-12,16,18,20-21H,2-6,9-10,14-15H2,1H3/t16?,18?,20-,21-. The van der Waals surface area contributed by atoms with Crippen molar-refractivity contribution in [3.63, 3.8) is 0 Å². The van der Waals surface area contributed by atoms with Crippen LogP contribution in [-0.4, -0.2) is 13.2 Å². The van der Waals surface area contributed by atoms with E-state index in [-0.39, 0.29) is 6.29 Å². The van der Waals surface area contributed by atoms with E-state index in [0.29, 0.717) is 11.5 Å². The van der Waals surface area contributed by atoms with Gasteiger partial charge in [-0.2, -0.15) is 5.26 Å². The maximum Gasteiger partial charge on any atom is 0.183 e. The van der Waals surface area contributed by atoms with Crippen LogP contribution < -0.4 is 0 Å². The number of hydrogen-bond acceptors (Lipinski definition) is 3. The fraction of sp³-hybridized carbons (Fsp3) is 0.667. The van der Waals surface area contributed by atoms with E-state index < -0.39 is 0 Å². The molecule has 130 valence electrons. The summed E-state index contributed by atoms with van der Waals surface area (Å²) in [6.45, 7) is 3.89. The van der Waals surface area contributed by atoms with Crippen molar-refractivity contribution < 1.29 is 9.47 Å². The van der Waals surface area contributed by atoms with Gasteiger partial charge >= 0.3 is 0 Å². The largest absolute Gasteiger partial charge is 0.348 e. The number of unbranched alkanes of at least 4 members (excludes halogenated alkanes) is 1. The Balaban J connectivity index is 1.44. The lowest BCUT2D eigenvalue weighted by atomic mass is 9.75. The molecule has 1 aromatic carbocycles. The summed E-state index contributed by atoms with van der Waals surface area (Å²) < 4.78 is 12.0. The van der Waals surface area contributed by atoms with E-state index in [4.69, 9.17) is 14.7 Å². The van der Waals surface area contributed by atoms with Gasteiger partial charge in [0.05, 0.1) is 24.8 Å². The quantitative estimate of drug-likeness (QED) is 0.745. The Kier molecular flexibility index (Phi) is 6.29. The molecule has 0 radical (unpaired) electrons. The highest BCUT2D eigenvalue weighted by Crippen LogP contribution is 2.38. The molecule has 0 unspecified atom stereocenters. The summed E-state index contributed by atoms with van der Waals surface area (Å²) in [5.74, 6) is 2.27. The van der Waals surface area contributed by atoms with Gasteiger partial charge in [0.2, 0.25) is 0 Å². The molecule has 0 N–H and O–H groups in total. The van der Waals surface area contributed by atoms with E-state index in [1.165, 1.54) is 44.9 Å². The Labute approximate surface area is 146 Å². The average Bonchev–Trinajstić information content (AvgIpc) is 2.67. The first-order chi connectivity index (χ1) is 11.8. The first-order valence-electron chi connectivity index (χ1n) is 9.53. The average molecular weight is 327 g/mol. The van der Waals surface area contributed by atoms with E-state index in [2.05, 4.69) is 13.0 Å². The summed E-state index contributed by atoms with van der Waals surface area (Å²) in [6, 6.07) is 9.66. The topological polar surface area (TPSA) is 42.2 Å². The van der Waals surface area contributed by atoms with Gasteiger partial charge in [0.25, 0.3) is 0 Å². The van der Waals surface area contributed by atoms with Crippen LogP contribution in [0.3, 0.4) is 0 Å².